The fraction of sp³-hybridized carbons (Fsp3) is 0.318. The molecule has 0 fully saturated rings. The van der Waals surface area contributed by atoms with Crippen LogP contribution in [0.5, 0.6) is 0 Å². The number of anilines is 1. The summed E-state index contributed by atoms with van der Waals surface area (Å²) in [4.78, 5) is 8.97. The summed E-state index contributed by atoms with van der Waals surface area (Å²) in [5.74, 6) is 1.55. The maximum Gasteiger partial charge on any atom is 0.231 e. The molecule has 0 saturated carbocycles. The second-order valence-corrected chi connectivity index (χ2v) is 7.22. The molecule has 1 aromatic heterocycles. The normalized spacial score (nSPS) is 15.1. The van der Waals surface area contributed by atoms with Gasteiger partial charge in [-0.25, -0.2) is 0 Å². The molecule has 2 aromatic carbocycles. The van der Waals surface area contributed by atoms with Gasteiger partial charge in [-0.3, -0.25) is 4.99 Å². The Hall–Kier alpha value is -3.15. The Bertz CT molecular complexity index is 964. The number of guanidine groups is 1. The molecule has 1 aliphatic rings. The molecular formula is C22H25N5O. The average Bonchev–Trinajstić information content (AvgIpc) is 3.23. The highest BCUT2D eigenvalue weighted by molar-refractivity contribution is 5.93. The molecule has 6 nitrogen and oxygen atoms in total. The Morgan fingerprint density at radius 1 is 1.14 bits per heavy atom. The van der Waals surface area contributed by atoms with Crippen molar-refractivity contribution in [1.29, 1.82) is 0 Å². The van der Waals surface area contributed by atoms with Crippen LogP contribution in [0.4, 0.5) is 5.69 Å². The third-order valence-corrected chi connectivity index (χ3v) is 5.09. The molecule has 0 aliphatic heterocycles. The predicted molar refractivity (Wildman–Crippen MR) is 111 cm³/mol. The van der Waals surface area contributed by atoms with Gasteiger partial charge in [0.15, 0.2) is 5.96 Å². The molecular weight excluding hydrogens is 350 g/mol. The second-order valence-electron chi connectivity index (χ2n) is 7.22. The smallest absolute Gasteiger partial charge is 0.231 e. The summed E-state index contributed by atoms with van der Waals surface area (Å²) in [6, 6.07) is 16.1. The fourth-order valence-electron chi connectivity index (χ4n) is 3.53. The van der Waals surface area contributed by atoms with Crippen LogP contribution in [-0.2, 0) is 12.8 Å². The number of nitrogens with zero attached hydrogens (tertiary/aromatic N) is 3. The standard InChI is InChI=1S/C22H25N5O/c1-15(21-26-20(27-28-21)17-9-3-2-4-10-17)14-24-22(23)25-19-13-7-11-16-8-5-6-12-18(16)19/h2-4,7,9-11,13,15H,5-6,8,12,14H2,1H3,(H3,23,24,25). The van der Waals surface area contributed by atoms with Gasteiger partial charge >= 0.3 is 0 Å². The van der Waals surface area contributed by atoms with Gasteiger partial charge in [0, 0.05) is 11.3 Å². The summed E-state index contributed by atoms with van der Waals surface area (Å²) in [6.45, 7) is 2.48. The quantitative estimate of drug-likeness (QED) is 0.517. The molecule has 6 heteroatoms. The molecule has 0 bridgehead atoms. The zero-order chi connectivity index (χ0) is 19.3. The molecule has 0 amide bonds. The van der Waals surface area contributed by atoms with Gasteiger partial charge in [-0.15, -0.1) is 0 Å². The number of nitrogens with one attached hydrogen (secondary N) is 1. The average molecular weight is 375 g/mol. The first-order chi connectivity index (χ1) is 13.7. The van der Waals surface area contributed by atoms with Gasteiger partial charge in [0.05, 0.1) is 12.5 Å². The van der Waals surface area contributed by atoms with Gasteiger partial charge in [-0.2, -0.15) is 4.98 Å². The summed E-state index contributed by atoms with van der Waals surface area (Å²) in [5.41, 5.74) is 10.9. The molecule has 1 aliphatic carbocycles. The zero-order valence-electron chi connectivity index (χ0n) is 16.1. The lowest BCUT2D eigenvalue weighted by molar-refractivity contribution is 0.361. The monoisotopic (exact) mass is 375 g/mol. The van der Waals surface area contributed by atoms with E-state index in [4.69, 9.17) is 10.3 Å². The highest BCUT2D eigenvalue weighted by atomic mass is 16.5. The molecule has 0 saturated heterocycles. The van der Waals surface area contributed by atoms with Crippen LogP contribution < -0.4 is 11.1 Å². The van der Waals surface area contributed by atoms with Crippen LogP contribution in [0.15, 0.2) is 58.0 Å². The van der Waals surface area contributed by atoms with Crippen LogP contribution in [0.3, 0.4) is 0 Å². The van der Waals surface area contributed by atoms with Gasteiger partial charge in [0.1, 0.15) is 0 Å². The van der Waals surface area contributed by atoms with E-state index in [-0.39, 0.29) is 5.92 Å². The lowest BCUT2D eigenvalue weighted by Crippen LogP contribution is -2.24. The molecule has 3 aromatic rings. The molecule has 0 radical (unpaired) electrons. The first kappa shape index (κ1) is 18.2. The Balaban J connectivity index is 1.41. The van der Waals surface area contributed by atoms with Gasteiger partial charge in [0.25, 0.3) is 0 Å². The lowest BCUT2D eigenvalue weighted by atomic mass is 9.90. The summed E-state index contributed by atoms with van der Waals surface area (Å²) in [5, 5.41) is 7.34. The van der Waals surface area contributed by atoms with Crippen LogP contribution >= 0.6 is 0 Å². The van der Waals surface area contributed by atoms with Gasteiger partial charge in [0.2, 0.25) is 11.7 Å². The maximum absolute atomic E-state index is 6.13. The van der Waals surface area contributed by atoms with Crippen molar-refractivity contribution in [2.75, 3.05) is 11.9 Å². The molecule has 4 rings (SSSR count). The number of aryl methyl sites for hydroxylation is 1. The van der Waals surface area contributed by atoms with E-state index in [0.717, 1.165) is 24.1 Å². The topological polar surface area (TPSA) is 89.3 Å². The summed E-state index contributed by atoms with van der Waals surface area (Å²) >= 11 is 0. The number of nitrogens with two attached hydrogens (primary N) is 1. The maximum atomic E-state index is 6.13. The minimum Gasteiger partial charge on any atom is -0.370 e. The minimum absolute atomic E-state index is 0.0185. The van der Waals surface area contributed by atoms with E-state index in [0.29, 0.717) is 24.2 Å². The van der Waals surface area contributed by atoms with E-state index < -0.39 is 0 Å². The van der Waals surface area contributed by atoms with Crippen molar-refractivity contribution >= 4 is 11.6 Å². The van der Waals surface area contributed by atoms with Crippen LogP contribution in [0, 0.1) is 0 Å². The van der Waals surface area contributed by atoms with Crippen molar-refractivity contribution in [2.45, 2.75) is 38.5 Å². The number of aliphatic imine (C=N–C) groups is 1. The number of hydrogen-bond acceptors (Lipinski definition) is 4. The summed E-state index contributed by atoms with van der Waals surface area (Å²) in [7, 11) is 0. The van der Waals surface area contributed by atoms with Crippen molar-refractivity contribution in [3.8, 4) is 11.4 Å². The van der Waals surface area contributed by atoms with Crippen molar-refractivity contribution in [3.05, 3.63) is 65.5 Å². The number of fused-ring (bicyclic) bond motifs is 1. The fourth-order valence-corrected chi connectivity index (χ4v) is 3.53. The summed E-state index contributed by atoms with van der Waals surface area (Å²) in [6.07, 6.45) is 4.71. The molecule has 144 valence electrons. The van der Waals surface area contributed by atoms with Crippen molar-refractivity contribution < 1.29 is 4.52 Å². The molecule has 1 unspecified atom stereocenters. The van der Waals surface area contributed by atoms with E-state index in [1.807, 2.05) is 37.3 Å². The number of benzene rings is 2. The Morgan fingerprint density at radius 3 is 2.82 bits per heavy atom. The molecule has 1 atom stereocenters. The highest BCUT2D eigenvalue weighted by Gasteiger charge is 2.16. The lowest BCUT2D eigenvalue weighted by Gasteiger charge is -2.19. The third kappa shape index (κ3) is 4.06. The number of hydrogen-bond donors (Lipinski definition) is 2. The highest BCUT2D eigenvalue weighted by Crippen LogP contribution is 2.27. The zero-order valence-corrected chi connectivity index (χ0v) is 16.1. The molecule has 1 heterocycles. The van der Waals surface area contributed by atoms with E-state index in [2.05, 4.69) is 38.6 Å². The Morgan fingerprint density at radius 2 is 1.96 bits per heavy atom. The van der Waals surface area contributed by atoms with Gasteiger partial charge in [-0.05, 0) is 42.9 Å². The van der Waals surface area contributed by atoms with E-state index >= 15 is 0 Å². The third-order valence-electron chi connectivity index (χ3n) is 5.09. The molecule has 28 heavy (non-hydrogen) atoms. The van der Waals surface area contributed by atoms with E-state index in [9.17, 15) is 0 Å². The van der Waals surface area contributed by atoms with Crippen molar-refractivity contribution in [3.63, 3.8) is 0 Å². The summed E-state index contributed by atoms with van der Waals surface area (Å²) < 4.78 is 5.41. The van der Waals surface area contributed by atoms with Crippen LogP contribution in [0.2, 0.25) is 0 Å². The van der Waals surface area contributed by atoms with Gasteiger partial charge in [-0.1, -0.05) is 54.5 Å². The first-order valence-corrected chi connectivity index (χ1v) is 9.77. The SMILES string of the molecule is CC(CN=C(N)Nc1cccc2c1CCCC2)c1nc(-c2ccccc2)no1. The van der Waals surface area contributed by atoms with Crippen LogP contribution in [0.1, 0.15) is 42.7 Å². The van der Waals surface area contributed by atoms with Crippen molar-refractivity contribution in [2.24, 2.45) is 10.7 Å². The van der Waals surface area contributed by atoms with E-state index in [1.54, 1.807) is 0 Å². The van der Waals surface area contributed by atoms with Crippen LogP contribution in [0.25, 0.3) is 11.4 Å². The number of rotatable bonds is 5. The molecule has 3 N–H and O–H groups in total. The van der Waals surface area contributed by atoms with Crippen LogP contribution in [-0.4, -0.2) is 22.6 Å². The first-order valence-electron chi connectivity index (χ1n) is 9.77. The Labute approximate surface area is 164 Å². The Kier molecular flexibility index (Phi) is 5.37. The van der Waals surface area contributed by atoms with E-state index in [1.165, 1.54) is 24.0 Å². The van der Waals surface area contributed by atoms with Gasteiger partial charge < -0.3 is 15.6 Å². The molecule has 0 spiro atoms. The number of aromatic nitrogens is 2. The largest absolute Gasteiger partial charge is 0.370 e. The minimum atomic E-state index is -0.0185. The second kappa shape index (κ2) is 8.25. The predicted octanol–water partition coefficient (Wildman–Crippen LogP) is 4.15. The van der Waals surface area contributed by atoms with Crippen molar-refractivity contribution in [1.82, 2.24) is 10.1 Å².